The van der Waals surface area contributed by atoms with E-state index in [0.717, 1.165) is 25.3 Å². The second-order valence-corrected chi connectivity index (χ2v) is 11.6. The van der Waals surface area contributed by atoms with E-state index >= 15 is 0 Å². The lowest BCUT2D eigenvalue weighted by Gasteiger charge is -2.39. The number of carbonyl (C=O) groups excluding carboxylic acids is 3. The summed E-state index contributed by atoms with van der Waals surface area (Å²) in [5, 5.41) is 90.6. The first-order chi connectivity index (χ1) is 24.2. The minimum absolute atomic E-state index is 0.0599. The van der Waals surface area contributed by atoms with Gasteiger partial charge in [-0.25, -0.2) is 9.59 Å². The van der Waals surface area contributed by atoms with E-state index < -0.39 is 102 Å². The summed E-state index contributed by atoms with van der Waals surface area (Å²) >= 11 is 0. The van der Waals surface area contributed by atoms with Crippen molar-refractivity contribution < 1.29 is 84.0 Å². The van der Waals surface area contributed by atoms with Crippen molar-refractivity contribution in [3.63, 3.8) is 0 Å². The zero-order valence-corrected chi connectivity index (χ0v) is 26.6. The molecule has 17 nitrogen and oxygen atoms in total. The van der Waals surface area contributed by atoms with Gasteiger partial charge in [-0.3, -0.25) is 4.79 Å². The molecule has 8 atom stereocenters. The van der Waals surface area contributed by atoms with E-state index in [0.29, 0.717) is 5.56 Å². The Labute approximate surface area is 288 Å². The molecule has 3 aromatic carbocycles. The average molecular weight is 715 g/mol. The largest absolute Gasteiger partial charge is 0.504 e. The predicted molar refractivity (Wildman–Crippen MR) is 168 cm³/mol. The quantitative estimate of drug-likeness (QED) is 0.0583. The minimum Gasteiger partial charge on any atom is -0.504 e. The topological polar surface area (TPSA) is 279 Å². The van der Waals surface area contributed by atoms with Gasteiger partial charge in [-0.15, -0.1) is 0 Å². The fourth-order valence-electron chi connectivity index (χ4n) is 5.66. The van der Waals surface area contributed by atoms with Crippen molar-refractivity contribution in [3.05, 3.63) is 76.9 Å². The van der Waals surface area contributed by atoms with Crippen LogP contribution in [0, 0.1) is 0 Å². The number of hydrogen-bond donors (Lipinski definition) is 9. The molecular formula is C34H34O17. The highest BCUT2D eigenvalue weighted by Gasteiger charge is 2.49. The van der Waals surface area contributed by atoms with Gasteiger partial charge in [0, 0.05) is 18.1 Å². The Morgan fingerprint density at radius 3 is 2.16 bits per heavy atom. The normalized spacial score (nSPS) is 24.7. The van der Waals surface area contributed by atoms with Gasteiger partial charge in [0.05, 0.1) is 13.7 Å². The van der Waals surface area contributed by atoms with Gasteiger partial charge in [0.25, 0.3) is 0 Å². The van der Waals surface area contributed by atoms with Crippen LogP contribution in [0.1, 0.15) is 34.3 Å². The molecule has 0 aromatic heterocycles. The fraction of sp³-hybridized carbons (Fsp3) is 0.324. The predicted octanol–water partition coefficient (Wildman–Crippen LogP) is 0.116. The molecule has 0 unspecified atom stereocenters. The maximum atomic E-state index is 13.9. The summed E-state index contributed by atoms with van der Waals surface area (Å²) in [7, 11) is 1.07. The Hall–Kier alpha value is -5.59. The van der Waals surface area contributed by atoms with Crippen molar-refractivity contribution in [2.45, 2.75) is 55.3 Å². The number of benzene rings is 3. The smallest absolute Gasteiger partial charge is 0.347 e. The molecule has 0 aliphatic carbocycles. The minimum atomic E-state index is -1.96. The number of phenols is 5. The van der Waals surface area contributed by atoms with Crippen molar-refractivity contribution in [2.75, 3.05) is 13.7 Å². The molecule has 2 aliphatic heterocycles. The first-order valence-corrected chi connectivity index (χ1v) is 15.3. The lowest BCUT2D eigenvalue weighted by molar-refractivity contribution is -0.293. The molecule has 1 fully saturated rings. The number of aliphatic hydroxyl groups is 4. The molecule has 5 rings (SSSR count). The van der Waals surface area contributed by atoms with Gasteiger partial charge >= 0.3 is 17.9 Å². The summed E-state index contributed by atoms with van der Waals surface area (Å²) in [5.74, 6) is -7.37. The lowest BCUT2D eigenvalue weighted by Crippen LogP contribution is -2.59. The van der Waals surface area contributed by atoms with Crippen LogP contribution in [0.15, 0.2) is 54.6 Å². The van der Waals surface area contributed by atoms with Crippen molar-refractivity contribution in [2.24, 2.45) is 0 Å². The first kappa shape index (κ1) is 36.7. The molecule has 0 bridgehead atoms. The number of fused-ring (bicyclic) bond motifs is 1. The summed E-state index contributed by atoms with van der Waals surface area (Å²) in [6, 6.07) is 9.75. The number of ether oxygens (including phenoxy) is 5. The standard InChI is InChI=1S/C34H34O17/c1-47-32(45)22(11-14-2-6-17(36)20(39)10-14)48-24(41)9-5-15-3-8-19(38)31-25(15)26(30(50-31)16-4-7-18(37)21(40)12-16)33(46)51-34-29(44)28(43)27(42)23(13-35)49-34/h2-10,12,22-23,26-30,34-40,42-44H,11,13H2,1H3/b9-5+/t22-,23-,26+,27-,28+,29-,30-,34+/m1/s1. The van der Waals surface area contributed by atoms with Crippen LogP contribution in [0.25, 0.3) is 6.08 Å². The summed E-state index contributed by atoms with van der Waals surface area (Å²) in [5.41, 5.74) is 0.444. The molecule has 2 heterocycles. The molecule has 0 saturated carbocycles. The number of rotatable bonds is 10. The highest BCUT2D eigenvalue weighted by molar-refractivity contribution is 5.91. The second-order valence-electron chi connectivity index (χ2n) is 11.6. The van der Waals surface area contributed by atoms with E-state index in [1.54, 1.807) is 0 Å². The third-order valence-corrected chi connectivity index (χ3v) is 8.31. The Bertz CT molecular complexity index is 1820. The monoisotopic (exact) mass is 714 g/mol. The van der Waals surface area contributed by atoms with E-state index in [9.17, 15) is 60.3 Å². The van der Waals surface area contributed by atoms with Crippen LogP contribution >= 0.6 is 0 Å². The van der Waals surface area contributed by atoms with Crippen molar-refractivity contribution >= 4 is 24.0 Å². The van der Waals surface area contributed by atoms with E-state index in [-0.39, 0.29) is 28.9 Å². The van der Waals surface area contributed by atoms with E-state index in [2.05, 4.69) is 0 Å². The van der Waals surface area contributed by atoms with Crippen LogP contribution in [-0.4, -0.2) is 114 Å². The highest BCUT2D eigenvalue weighted by Crippen LogP contribution is 2.53. The molecule has 0 radical (unpaired) electrons. The molecule has 3 aromatic rings. The SMILES string of the molecule is COC(=O)[C@@H](Cc1ccc(O)c(O)c1)OC(=O)/C=C/c1ccc(O)c2c1[C@H](C(=O)O[C@@H]1O[C@H](CO)[C@@H](O)[C@H](O)[C@H]1O)[C@@H](c1ccc(O)c(O)c1)O2. The van der Waals surface area contributed by atoms with Crippen LogP contribution in [0.4, 0.5) is 0 Å². The molecule has 1 saturated heterocycles. The Balaban J connectivity index is 1.47. The first-order valence-electron chi connectivity index (χ1n) is 15.3. The van der Waals surface area contributed by atoms with Crippen LogP contribution in [0.2, 0.25) is 0 Å². The van der Waals surface area contributed by atoms with Gasteiger partial charge in [0.15, 0.2) is 34.5 Å². The molecule has 17 heteroatoms. The second kappa shape index (κ2) is 15.1. The maximum Gasteiger partial charge on any atom is 0.347 e. The van der Waals surface area contributed by atoms with Crippen LogP contribution in [0.3, 0.4) is 0 Å². The van der Waals surface area contributed by atoms with Crippen LogP contribution < -0.4 is 4.74 Å². The number of methoxy groups -OCH3 is 1. The average Bonchev–Trinajstić information content (AvgIpc) is 3.52. The number of esters is 3. The summed E-state index contributed by atoms with van der Waals surface area (Å²) in [6.07, 6.45) is -9.93. The van der Waals surface area contributed by atoms with Gasteiger partial charge < -0.3 is 69.6 Å². The molecule has 2 aliphatic rings. The number of aliphatic hydroxyl groups excluding tert-OH is 4. The van der Waals surface area contributed by atoms with Gasteiger partial charge in [-0.05, 0) is 53.1 Å². The van der Waals surface area contributed by atoms with Crippen LogP contribution in [0.5, 0.6) is 34.5 Å². The van der Waals surface area contributed by atoms with Crippen molar-refractivity contribution in [1.82, 2.24) is 0 Å². The fourth-order valence-corrected chi connectivity index (χ4v) is 5.66. The molecule has 0 amide bonds. The molecule has 9 N–H and O–H groups in total. The third kappa shape index (κ3) is 7.62. The number of hydrogen-bond acceptors (Lipinski definition) is 17. The van der Waals surface area contributed by atoms with E-state index in [1.807, 2.05) is 0 Å². The van der Waals surface area contributed by atoms with Crippen LogP contribution in [-0.2, 0) is 39.8 Å². The number of aromatic hydroxyl groups is 5. The number of carbonyl (C=O) groups is 3. The summed E-state index contributed by atoms with van der Waals surface area (Å²) < 4.78 is 26.7. The number of phenolic OH excluding ortho intramolecular Hbond substituents is 5. The molecule has 0 spiro atoms. The van der Waals surface area contributed by atoms with Gasteiger partial charge in [0.1, 0.15) is 36.4 Å². The lowest BCUT2D eigenvalue weighted by atomic mass is 9.87. The van der Waals surface area contributed by atoms with Crippen molar-refractivity contribution in [3.8, 4) is 34.5 Å². The van der Waals surface area contributed by atoms with E-state index in [1.165, 1.54) is 42.5 Å². The van der Waals surface area contributed by atoms with Gasteiger partial charge in [-0.1, -0.05) is 18.2 Å². The summed E-state index contributed by atoms with van der Waals surface area (Å²) in [6.45, 7) is -0.809. The van der Waals surface area contributed by atoms with Gasteiger partial charge in [0.2, 0.25) is 12.4 Å². The Morgan fingerprint density at radius 1 is 0.843 bits per heavy atom. The Kier molecular flexibility index (Phi) is 10.9. The van der Waals surface area contributed by atoms with Gasteiger partial charge in [-0.2, -0.15) is 0 Å². The third-order valence-electron chi connectivity index (χ3n) is 8.31. The summed E-state index contributed by atoms with van der Waals surface area (Å²) in [4.78, 5) is 39.3. The molecule has 272 valence electrons. The van der Waals surface area contributed by atoms with E-state index in [4.69, 9.17) is 23.7 Å². The zero-order valence-electron chi connectivity index (χ0n) is 26.6. The molecule has 51 heavy (non-hydrogen) atoms. The zero-order chi connectivity index (χ0) is 37.1. The molecular weight excluding hydrogens is 680 g/mol. The Morgan fingerprint density at radius 2 is 1.51 bits per heavy atom. The maximum absolute atomic E-state index is 13.9. The van der Waals surface area contributed by atoms with Crippen molar-refractivity contribution in [1.29, 1.82) is 0 Å². The highest BCUT2D eigenvalue weighted by atomic mass is 16.7.